The quantitative estimate of drug-likeness (QED) is 0.570. The summed E-state index contributed by atoms with van der Waals surface area (Å²) in [7, 11) is -3.97. The Morgan fingerprint density at radius 1 is 0.900 bits per heavy atom. The Morgan fingerprint density at radius 2 is 1.50 bits per heavy atom. The van der Waals surface area contributed by atoms with E-state index in [9.17, 15) is 13.2 Å². The van der Waals surface area contributed by atoms with E-state index >= 15 is 0 Å². The van der Waals surface area contributed by atoms with Crippen LogP contribution < -0.4 is 0 Å². The van der Waals surface area contributed by atoms with Crippen molar-refractivity contribution < 1.29 is 17.9 Å². The minimum atomic E-state index is -3.97. The molecule has 2 saturated carbocycles. The van der Waals surface area contributed by atoms with Gasteiger partial charge in [0.1, 0.15) is 12.1 Å². The molecular weight excluding hydrogens is 398 g/mol. The highest BCUT2D eigenvalue weighted by Crippen LogP contribution is 2.38. The summed E-state index contributed by atoms with van der Waals surface area (Å²) in [6, 6.07) is 6.12. The van der Waals surface area contributed by atoms with Gasteiger partial charge in [-0.15, -0.1) is 0 Å². The molecule has 3 fully saturated rings. The number of sulfonamides is 1. The Hall–Kier alpha value is -1.82. The van der Waals surface area contributed by atoms with Crippen molar-refractivity contribution in [3.8, 4) is 0 Å². The van der Waals surface area contributed by atoms with Crippen molar-refractivity contribution in [2.75, 3.05) is 0 Å². The molecule has 1 aromatic carbocycles. The van der Waals surface area contributed by atoms with Crippen molar-refractivity contribution in [3.05, 3.63) is 42.0 Å². The molecular formula is C24H33NO4S. The van der Waals surface area contributed by atoms with E-state index in [1.807, 2.05) is 13.0 Å². The zero-order valence-electron chi connectivity index (χ0n) is 17.8. The van der Waals surface area contributed by atoms with Crippen molar-refractivity contribution in [2.45, 2.75) is 88.2 Å². The molecule has 1 aliphatic heterocycles. The summed E-state index contributed by atoms with van der Waals surface area (Å²) in [6.07, 6.45) is 14.4. The van der Waals surface area contributed by atoms with Gasteiger partial charge in [-0.05, 0) is 56.6 Å². The number of amides is 1. The van der Waals surface area contributed by atoms with Gasteiger partial charge in [0.2, 0.25) is 0 Å². The van der Waals surface area contributed by atoms with Crippen LogP contribution in [0.4, 0.5) is 4.79 Å². The van der Waals surface area contributed by atoms with Gasteiger partial charge in [-0.1, -0.05) is 68.4 Å². The summed E-state index contributed by atoms with van der Waals surface area (Å²) in [6.45, 7) is 1.91. The van der Waals surface area contributed by atoms with E-state index in [0.717, 1.165) is 48.4 Å². The summed E-state index contributed by atoms with van der Waals surface area (Å²) in [5.41, 5.74) is 0.978. The first kappa shape index (κ1) is 21.4. The number of nitrogens with zero attached hydrogens (tertiary/aromatic N) is 1. The minimum Gasteiger partial charge on any atom is -0.442 e. The predicted molar refractivity (Wildman–Crippen MR) is 117 cm³/mol. The number of carbonyl (C=O) groups excluding carboxylic acids is 1. The first-order chi connectivity index (χ1) is 14.5. The average Bonchev–Trinajstić information content (AvgIpc) is 3.11. The highest BCUT2D eigenvalue weighted by molar-refractivity contribution is 7.89. The largest absolute Gasteiger partial charge is 0.442 e. The number of hydrogen-bond donors (Lipinski definition) is 0. The molecule has 5 nitrogen and oxygen atoms in total. The predicted octanol–water partition coefficient (Wildman–Crippen LogP) is 5.59. The van der Waals surface area contributed by atoms with Gasteiger partial charge in [0.25, 0.3) is 10.0 Å². The third-order valence-corrected chi connectivity index (χ3v) is 8.73. The van der Waals surface area contributed by atoms with E-state index in [-0.39, 0.29) is 10.8 Å². The first-order valence-electron chi connectivity index (χ1n) is 11.5. The fourth-order valence-corrected chi connectivity index (χ4v) is 6.66. The van der Waals surface area contributed by atoms with Gasteiger partial charge in [0.15, 0.2) is 0 Å². The number of aryl methyl sites for hydroxylation is 1. The summed E-state index contributed by atoms with van der Waals surface area (Å²) in [5, 5.41) is 0. The number of allylic oxidation sites excluding steroid dienone is 1. The standard InChI is InChI=1S/C24H33NO4S/c1-18-12-15-21(16-13-18)30(27,28)25-22(17-14-19-8-4-2-5-9-19)23(29-24(25)26)20-10-6-3-7-11-20/h12-17,19-20,22-23H,2-11H2,1H3/b17-14+/t22-,23-/m0/s1. The van der Waals surface area contributed by atoms with Crippen molar-refractivity contribution in [1.29, 1.82) is 0 Å². The van der Waals surface area contributed by atoms with Crippen molar-refractivity contribution in [2.24, 2.45) is 11.8 Å². The molecule has 0 N–H and O–H groups in total. The molecule has 6 heteroatoms. The van der Waals surface area contributed by atoms with E-state index in [4.69, 9.17) is 4.74 Å². The lowest BCUT2D eigenvalue weighted by Gasteiger charge is -2.30. The van der Waals surface area contributed by atoms with E-state index in [2.05, 4.69) is 6.08 Å². The maximum atomic E-state index is 13.4. The molecule has 0 unspecified atom stereocenters. The maximum absolute atomic E-state index is 13.4. The van der Waals surface area contributed by atoms with Crippen LogP contribution in [0.15, 0.2) is 41.3 Å². The maximum Gasteiger partial charge on any atom is 0.424 e. The van der Waals surface area contributed by atoms with Crippen LogP contribution in [-0.2, 0) is 14.8 Å². The Kier molecular flexibility index (Phi) is 6.51. The molecule has 2 atom stereocenters. The van der Waals surface area contributed by atoms with E-state index in [1.165, 1.54) is 25.7 Å². The topological polar surface area (TPSA) is 63.7 Å². The molecule has 164 valence electrons. The summed E-state index contributed by atoms with van der Waals surface area (Å²) >= 11 is 0. The minimum absolute atomic E-state index is 0.144. The second-order valence-corrected chi connectivity index (χ2v) is 10.9. The lowest BCUT2D eigenvalue weighted by molar-refractivity contribution is 0.0802. The molecule has 1 saturated heterocycles. The highest BCUT2D eigenvalue weighted by Gasteiger charge is 2.50. The molecule has 0 radical (unpaired) electrons. The molecule has 1 heterocycles. The Morgan fingerprint density at radius 3 is 2.13 bits per heavy atom. The average molecular weight is 432 g/mol. The van der Waals surface area contributed by atoms with Gasteiger partial charge < -0.3 is 4.74 Å². The van der Waals surface area contributed by atoms with Gasteiger partial charge in [0.05, 0.1) is 4.90 Å². The molecule has 0 aromatic heterocycles. The summed E-state index contributed by atoms with van der Waals surface area (Å²) < 4.78 is 33.6. The zero-order valence-corrected chi connectivity index (χ0v) is 18.6. The second-order valence-electron chi connectivity index (χ2n) is 9.13. The lowest BCUT2D eigenvalue weighted by Crippen LogP contribution is -2.42. The van der Waals surface area contributed by atoms with E-state index in [1.54, 1.807) is 24.3 Å². The Balaban J connectivity index is 1.66. The van der Waals surface area contributed by atoms with Gasteiger partial charge >= 0.3 is 6.09 Å². The van der Waals surface area contributed by atoms with Gasteiger partial charge in [-0.2, -0.15) is 4.31 Å². The number of ether oxygens (including phenoxy) is 1. The Labute approximate surface area is 180 Å². The highest BCUT2D eigenvalue weighted by atomic mass is 32.2. The fraction of sp³-hybridized carbons (Fsp3) is 0.625. The number of rotatable bonds is 5. The smallest absolute Gasteiger partial charge is 0.424 e. The molecule has 0 bridgehead atoms. The molecule has 30 heavy (non-hydrogen) atoms. The van der Waals surface area contributed by atoms with Gasteiger partial charge in [-0.3, -0.25) is 0 Å². The van der Waals surface area contributed by atoms with Crippen LogP contribution in [0, 0.1) is 18.8 Å². The van der Waals surface area contributed by atoms with Crippen molar-refractivity contribution >= 4 is 16.1 Å². The molecule has 1 amide bonds. The van der Waals surface area contributed by atoms with Crippen molar-refractivity contribution in [3.63, 3.8) is 0 Å². The summed E-state index contributed by atoms with van der Waals surface area (Å²) in [4.78, 5) is 13.0. The monoisotopic (exact) mass is 431 g/mol. The van der Waals surface area contributed by atoms with E-state index in [0.29, 0.717) is 5.92 Å². The van der Waals surface area contributed by atoms with Crippen molar-refractivity contribution in [1.82, 2.24) is 4.31 Å². The normalized spacial score (nSPS) is 27.0. The first-order valence-corrected chi connectivity index (χ1v) is 12.9. The van der Waals surface area contributed by atoms with Crippen LogP contribution in [0.25, 0.3) is 0 Å². The van der Waals surface area contributed by atoms with Crippen LogP contribution in [0.2, 0.25) is 0 Å². The van der Waals surface area contributed by atoms with Crippen LogP contribution in [0.3, 0.4) is 0 Å². The van der Waals surface area contributed by atoms with Gasteiger partial charge in [-0.25, -0.2) is 13.2 Å². The number of benzene rings is 1. The van der Waals surface area contributed by atoms with Crippen LogP contribution in [0.1, 0.15) is 69.8 Å². The lowest BCUT2D eigenvalue weighted by atomic mass is 9.82. The SMILES string of the molecule is Cc1ccc(S(=O)(=O)N2C(=O)O[C@@H](C3CCCCC3)[C@@H]2/C=C/C2CCCCC2)cc1. The number of carbonyl (C=O) groups is 1. The Bertz CT molecular complexity index is 865. The molecule has 2 aliphatic carbocycles. The van der Waals surface area contributed by atoms with Crippen LogP contribution in [0.5, 0.6) is 0 Å². The molecule has 4 rings (SSSR count). The molecule has 3 aliphatic rings. The number of hydrogen-bond acceptors (Lipinski definition) is 4. The van der Waals surface area contributed by atoms with E-state index < -0.39 is 28.3 Å². The van der Waals surface area contributed by atoms with Crippen LogP contribution >= 0.6 is 0 Å². The summed E-state index contributed by atoms with van der Waals surface area (Å²) in [5.74, 6) is 0.687. The second kappa shape index (κ2) is 9.13. The van der Waals surface area contributed by atoms with Gasteiger partial charge in [0, 0.05) is 0 Å². The van der Waals surface area contributed by atoms with Crippen LogP contribution in [-0.4, -0.2) is 31.0 Å². The zero-order chi connectivity index (χ0) is 21.1. The molecule has 1 aromatic rings. The fourth-order valence-electron chi connectivity index (χ4n) is 5.20. The third-order valence-electron chi connectivity index (χ3n) is 6.95. The third kappa shape index (κ3) is 4.43. The number of cyclic esters (lactones) is 1. The molecule has 0 spiro atoms.